The van der Waals surface area contributed by atoms with Crippen LogP contribution in [0.15, 0.2) is 28.8 Å². The van der Waals surface area contributed by atoms with Crippen molar-refractivity contribution < 1.29 is 9.26 Å². The van der Waals surface area contributed by atoms with Crippen LogP contribution in [0.2, 0.25) is 5.02 Å². The molecule has 1 aromatic carbocycles. The first-order chi connectivity index (χ1) is 11.7. The number of hydrogen-bond acceptors (Lipinski definition) is 6. The number of piperazine rings is 1. The highest BCUT2D eigenvalue weighted by molar-refractivity contribution is 6.30. The number of halogens is 1. The fourth-order valence-corrected chi connectivity index (χ4v) is 3.06. The Morgan fingerprint density at radius 1 is 1.21 bits per heavy atom. The van der Waals surface area contributed by atoms with Gasteiger partial charge in [-0.25, -0.2) is 0 Å². The lowest BCUT2D eigenvalue weighted by atomic mass is 10.2. The summed E-state index contributed by atoms with van der Waals surface area (Å²) in [5.74, 6) is 1.26. The second-order valence-electron chi connectivity index (χ2n) is 6.10. The highest BCUT2D eigenvalue weighted by Gasteiger charge is 2.25. The molecule has 1 aliphatic heterocycles. The van der Waals surface area contributed by atoms with Gasteiger partial charge in [-0.05, 0) is 24.6 Å². The summed E-state index contributed by atoms with van der Waals surface area (Å²) >= 11 is 5.94. The van der Waals surface area contributed by atoms with Crippen molar-refractivity contribution in [2.75, 3.05) is 33.3 Å². The van der Waals surface area contributed by atoms with Gasteiger partial charge in [0.2, 0.25) is 5.89 Å². The van der Waals surface area contributed by atoms with Gasteiger partial charge in [0.25, 0.3) is 0 Å². The van der Waals surface area contributed by atoms with Gasteiger partial charge in [0, 0.05) is 44.9 Å². The summed E-state index contributed by atoms with van der Waals surface area (Å²) in [5.41, 5.74) is 1.29. The predicted molar refractivity (Wildman–Crippen MR) is 91.7 cm³/mol. The molecule has 1 aromatic heterocycles. The average molecular weight is 351 g/mol. The molecule has 2 heterocycles. The van der Waals surface area contributed by atoms with Gasteiger partial charge < -0.3 is 9.26 Å². The molecule has 130 valence electrons. The third-order valence-corrected chi connectivity index (χ3v) is 4.64. The number of ether oxygens (including phenoxy) is 1. The Morgan fingerprint density at radius 3 is 2.58 bits per heavy atom. The zero-order chi connectivity index (χ0) is 16.9. The van der Waals surface area contributed by atoms with Crippen LogP contribution in [0.5, 0.6) is 0 Å². The van der Waals surface area contributed by atoms with Crippen LogP contribution in [0, 0.1) is 0 Å². The van der Waals surface area contributed by atoms with Crippen LogP contribution in [-0.2, 0) is 17.9 Å². The summed E-state index contributed by atoms with van der Waals surface area (Å²) in [7, 11) is 1.62. The second kappa shape index (κ2) is 8.07. The molecule has 1 aliphatic rings. The zero-order valence-electron chi connectivity index (χ0n) is 14.1. The van der Waals surface area contributed by atoms with Crippen LogP contribution in [0.3, 0.4) is 0 Å². The van der Waals surface area contributed by atoms with Crippen LogP contribution in [0.4, 0.5) is 0 Å². The highest BCUT2D eigenvalue weighted by atomic mass is 35.5. The van der Waals surface area contributed by atoms with Crippen molar-refractivity contribution in [1.29, 1.82) is 0 Å². The molecule has 0 aliphatic carbocycles. The Hall–Kier alpha value is -1.47. The van der Waals surface area contributed by atoms with E-state index in [4.69, 9.17) is 20.9 Å². The first-order valence-electron chi connectivity index (χ1n) is 8.18. The monoisotopic (exact) mass is 350 g/mol. The molecule has 7 heteroatoms. The van der Waals surface area contributed by atoms with Crippen LogP contribution >= 0.6 is 11.6 Å². The smallest absolute Gasteiger partial charge is 0.243 e. The van der Waals surface area contributed by atoms with E-state index >= 15 is 0 Å². The largest absolute Gasteiger partial charge is 0.377 e. The molecule has 6 nitrogen and oxygen atoms in total. The van der Waals surface area contributed by atoms with Gasteiger partial charge >= 0.3 is 0 Å². The lowest BCUT2D eigenvalue weighted by Gasteiger charge is -2.36. The maximum atomic E-state index is 5.94. The van der Waals surface area contributed by atoms with Crippen molar-refractivity contribution in [3.05, 3.63) is 46.6 Å². The van der Waals surface area contributed by atoms with E-state index in [1.807, 2.05) is 12.1 Å². The second-order valence-corrected chi connectivity index (χ2v) is 6.53. The molecule has 0 saturated carbocycles. The Balaban J connectivity index is 1.51. The molecule has 1 fully saturated rings. The average Bonchev–Trinajstić information content (AvgIpc) is 3.06. The third kappa shape index (κ3) is 4.33. The summed E-state index contributed by atoms with van der Waals surface area (Å²) in [6.45, 7) is 7.45. The number of nitrogens with zero attached hydrogens (tertiary/aromatic N) is 4. The van der Waals surface area contributed by atoms with Gasteiger partial charge in [-0.2, -0.15) is 4.98 Å². The minimum absolute atomic E-state index is 0.126. The van der Waals surface area contributed by atoms with Gasteiger partial charge in [0.15, 0.2) is 5.82 Å². The van der Waals surface area contributed by atoms with Crippen molar-refractivity contribution in [2.24, 2.45) is 0 Å². The summed E-state index contributed by atoms with van der Waals surface area (Å²) in [6.07, 6.45) is 0. The first-order valence-corrected chi connectivity index (χ1v) is 8.56. The van der Waals surface area contributed by atoms with E-state index in [9.17, 15) is 0 Å². The molecule has 0 bridgehead atoms. The van der Waals surface area contributed by atoms with Crippen molar-refractivity contribution in [1.82, 2.24) is 19.9 Å². The fourth-order valence-electron chi connectivity index (χ4n) is 2.94. The fraction of sp³-hybridized carbons (Fsp3) is 0.529. The molecule has 3 rings (SSSR count). The zero-order valence-corrected chi connectivity index (χ0v) is 14.9. The van der Waals surface area contributed by atoms with E-state index < -0.39 is 0 Å². The van der Waals surface area contributed by atoms with E-state index in [0.29, 0.717) is 18.3 Å². The van der Waals surface area contributed by atoms with Gasteiger partial charge in [0.05, 0.1) is 6.04 Å². The van der Waals surface area contributed by atoms with Crippen molar-refractivity contribution in [3.63, 3.8) is 0 Å². The highest BCUT2D eigenvalue weighted by Crippen LogP contribution is 2.21. The topological polar surface area (TPSA) is 54.6 Å². The van der Waals surface area contributed by atoms with E-state index in [-0.39, 0.29) is 6.04 Å². The molecule has 1 atom stereocenters. The van der Waals surface area contributed by atoms with Crippen molar-refractivity contribution >= 4 is 11.6 Å². The minimum Gasteiger partial charge on any atom is -0.377 e. The van der Waals surface area contributed by atoms with Crippen molar-refractivity contribution in [2.45, 2.75) is 26.1 Å². The summed E-state index contributed by atoms with van der Waals surface area (Å²) in [5, 5.41) is 4.72. The van der Waals surface area contributed by atoms with Gasteiger partial charge in [-0.15, -0.1) is 0 Å². The number of hydrogen-bond donors (Lipinski definition) is 0. The molecule has 0 radical (unpaired) electrons. The number of aromatic nitrogens is 2. The summed E-state index contributed by atoms with van der Waals surface area (Å²) in [4.78, 5) is 9.23. The molecule has 1 unspecified atom stereocenters. The standard InChI is InChI=1S/C17H23ClN4O2/c1-13(17-19-16(12-23-2)20-24-17)22-9-7-21(8-10-22)11-14-3-5-15(18)6-4-14/h3-6,13H,7-12H2,1-2H3. The van der Waals surface area contributed by atoms with Gasteiger partial charge in [0.1, 0.15) is 6.61 Å². The van der Waals surface area contributed by atoms with Crippen LogP contribution in [0.1, 0.15) is 30.2 Å². The Morgan fingerprint density at radius 2 is 1.92 bits per heavy atom. The minimum atomic E-state index is 0.126. The summed E-state index contributed by atoms with van der Waals surface area (Å²) in [6, 6.07) is 8.20. The Labute approximate surface area is 147 Å². The third-order valence-electron chi connectivity index (χ3n) is 4.39. The SMILES string of the molecule is COCc1noc(C(C)N2CCN(Cc3ccc(Cl)cc3)CC2)n1. The Kier molecular flexibility index (Phi) is 5.84. The Bertz CT molecular complexity index is 638. The molecule has 1 saturated heterocycles. The molecule has 24 heavy (non-hydrogen) atoms. The van der Waals surface area contributed by atoms with E-state index in [1.165, 1.54) is 5.56 Å². The molecular formula is C17H23ClN4O2. The van der Waals surface area contributed by atoms with Crippen LogP contribution in [-0.4, -0.2) is 53.2 Å². The maximum absolute atomic E-state index is 5.94. The molecule has 0 amide bonds. The number of methoxy groups -OCH3 is 1. The van der Waals surface area contributed by atoms with Gasteiger partial charge in [-0.1, -0.05) is 28.9 Å². The normalized spacial score (nSPS) is 18.0. The van der Waals surface area contributed by atoms with Crippen LogP contribution < -0.4 is 0 Å². The van der Waals surface area contributed by atoms with Gasteiger partial charge in [-0.3, -0.25) is 9.80 Å². The van der Waals surface area contributed by atoms with Crippen molar-refractivity contribution in [3.8, 4) is 0 Å². The van der Waals surface area contributed by atoms with E-state index in [2.05, 4.69) is 39.0 Å². The molecule has 2 aromatic rings. The van der Waals surface area contributed by atoms with Crippen LogP contribution in [0.25, 0.3) is 0 Å². The number of benzene rings is 1. The quantitative estimate of drug-likeness (QED) is 0.798. The van der Waals surface area contributed by atoms with E-state index in [0.717, 1.165) is 37.7 Å². The molecule has 0 spiro atoms. The van der Waals surface area contributed by atoms with E-state index in [1.54, 1.807) is 7.11 Å². The lowest BCUT2D eigenvalue weighted by molar-refractivity contribution is 0.0845. The predicted octanol–water partition coefficient (Wildman–Crippen LogP) is 2.75. The number of rotatable bonds is 6. The lowest BCUT2D eigenvalue weighted by Crippen LogP contribution is -2.46. The maximum Gasteiger partial charge on any atom is 0.243 e. The summed E-state index contributed by atoms with van der Waals surface area (Å²) < 4.78 is 10.4. The molecular weight excluding hydrogens is 328 g/mol. The first kappa shape index (κ1) is 17.4. The molecule has 0 N–H and O–H groups in total.